The lowest BCUT2D eigenvalue weighted by Gasteiger charge is -2.28. The molecule has 0 spiro atoms. The van der Waals surface area contributed by atoms with E-state index in [0.717, 1.165) is 45.6 Å². The third-order valence-corrected chi connectivity index (χ3v) is 5.96. The normalized spacial score (nSPS) is 25.7. The first-order valence-corrected chi connectivity index (χ1v) is 10.8. The number of ether oxygens (including phenoxy) is 2. The Kier molecular flexibility index (Phi) is 8.50. The molecule has 0 aromatic heterocycles. The molecule has 178 valence electrons. The first-order valence-electron chi connectivity index (χ1n) is 10.8. The molecular formula is C22H29F3N2O5. The zero-order valence-corrected chi connectivity index (χ0v) is 17.8. The molecule has 3 fully saturated rings. The molecule has 0 bridgehead atoms. The van der Waals surface area contributed by atoms with E-state index in [-0.39, 0.29) is 12.0 Å². The molecule has 0 radical (unpaired) electrons. The van der Waals surface area contributed by atoms with Gasteiger partial charge in [0.05, 0.1) is 31.8 Å². The van der Waals surface area contributed by atoms with Gasteiger partial charge >= 0.3 is 12.1 Å². The lowest BCUT2D eigenvalue weighted by atomic mass is 10.0. The third kappa shape index (κ3) is 7.18. The van der Waals surface area contributed by atoms with Crippen molar-refractivity contribution in [3.8, 4) is 0 Å². The number of carboxylic acid groups (broad SMARTS) is 1. The third-order valence-electron chi connectivity index (χ3n) is 5.96. The zero-order chi connectivity index (χ0) is 23.1. The predicted molar refractivity (Wildman–Crippen MR) is 109 cm³/mol. The first-order chi connectivity index (χ1) is 15.2. The molecule has 3 aliphatic rings. The van der Waals surface area contributed by atoms with E-state index < -0.39 is 12.1 Å². The number of fused-ring (bicyclic) bond motifs is 1. The predicted octanol–water partition coefficient (Wildman–Crippen LogP) is 2.20. The van der Waals surface area contributed by atoms with E-state index >= 15 is 0 Å². The molecular weight excluding hydrogens is 429 g/mol. The minimum absolute atomic E-state index is 0.113. The van der Waals surface area contributed by atoms with Crippen LogP contribution in [0.5, 0.6) is 0 Å². The Labute approximate surface area is 185 Å². The number of halogens is 3. The summed E-state index contributed by atoms with van der Waals surface area (Å²) in [5.74, 6) is -1.93. The lowest BCUT2D eigenvalue weighted by Crippen LogP contribution is -2.42. The molecule has 1 aromatic carbocycles. The highest BCUT2D eigenvalue weighted by molar-refractivity contribution is 5.76. The van der Waals surface area contributed by atoms with Crippen molar-refractivity contribution in [2.75, 3.05) is 45.9 Å². The van der Waals surface area contributed by atoms with Gasteiger partial charge in [-0.3, -0.25) is 4.79 Å². The molecule has 32 heavy (non-hydrogen) atoms. The summed E-state index contributed by atoms with van der Waals surface area (Å²) >= 11 is 0. The maximum absolute atomic E-state index is 12.4. The Morgan fingerprint density at radius 1 is 1.09 bits per heavy atom. The fourth-order valence-electron chi connectivity index (χ4n) is 4.33. The summed E-state index contributed by atoms with van der Waals surface area (Å²) in [6, 6.07) is 10.7. The fraction of sp³-hybridized carbons (Fsp3) is 0.636. The van der Waals surface area contributed by atoms with Crippen LogP contribution in [0.3, 0.4) is 0 Å². The van der Waals surface area contributed by atoms with Crippen LogP contribution in [-0.2, 0) is 25.5 Å². The molecule has 3 saturated heterocycles. The van der Waals surface area contributed by atoms with Crippen LogP contribution in [0.25, 0.3) is 0 Å². The van der Waals surface area contributed by atoms with Crippen LogP contribution >= 0.6 is 0 Å². The topological polar surface area (TPSA) is 79.3 Å². The van der Waals surface area contributed by atoms with Gasteiger partial charge in [-0.05, 0) is 18.4 Å². The number of carboxylic acids is 1. The molecule has 0 unspecified atom stereocenters. The summed E-state index contributed by atoms with van der Waals surface area (Å²) in [6.07, 6.45) is -1.99. The molecule has 0 saturated carbocycles. The molecule has 7 nitrogen and oxygen atoms in total. The molecule has 1 N–H and O–H groups in total. The Morgan fingerprint density at radius 2 is 1.75 bits per heavy atom. The Balaban J connectivity index is 0.000000360. The van der Waals surface area contributed by atoms with Crippen LogP contribution in [0, 0.1) is 5.92 Å². The van der Waals surface area contributed by atoms with Crippen molar-refractivity contribution in [2.45, 2.75) is 37.6 Å². The van der Waals surface area contributed by atoms with Crippen molar-refractivity contribution in [1.82, 2.24) is 9.80 Å². The second-order valence-electron chi connectivity index (χ2n) is 8.29. The summed E-state index contributed by atoms with van der Waals surface area (Å²) in [5, 5.41) is 7.12. The average Bonchev–Trinajstić information content (AvgIpc) is 3.31. The van der Waals surface area contributed by atoms with E-state index in [1.54, 1.807) is 0 Å². The number of morpholine rings is 1. The van der Waals surface area contributed by atoms with Crippen molar-refractivity contribution >= 4 is 11.9 Å². The molecule has 3 aliphatic heterocycles. The standard InChI is InChI=1S/C20H28N2O3.C2HF3O2/c23-20(22-8-10-24-11-9-22)13-18-12-17-14-21(15-19(17)25-18)7-6-16-4-2-1-3-5-16;3-2(4,5)1(6)7/h1-5,17-19H,6-15H2;(H,6,7)/t17-,18+,19+;/m0./s1. The van der Waals surface area contributed by atoms with E-state index in [0.29, 0.717) is 31.7 Å². The number of amides is 1. The van der Waals surface area contributed by atoms with Crippen molar-refractivity contribution < 1.29 is 37.3 Å². The summed E-state index contributed by atoms with van der Waals surface area (Å²) in [7, 11) is 0. The second-order valence-corrected chi connectivity index (χ2v) is 8.29. The number of hydrogen-bond donors (Lipinski definition) is 1. The maximum atomic E-state index is 12.4. The zero-order valence-electron chi connectivity index (χ0n) is 17.8. The minimum atomic E-state index is -5.08. The second kappa shape index (κ2) is 11.1. The van der Waals surface area contributed by atoms with Crippen molar-refractivity contribution in [1.29, 1.82) is 0 Å². The molecule has 0 aliphatic carbocycles. The van der Waals surface area contributed by atoms with E-state index in [1.807, 2.05) is 4.90 Å². The molecule has 3 heterocycles. The van der Waals surface area contributed by atoms with Crippen LogP contribution in [0.2, 0.25) is 0 Å². The van der Waals surface area contributed by atoms with Gasteiger partial charge < -0.3 is 24.4 Å². The molecule has 3 atom stereocenters. The summed E-state index contributed by atoms with van der Waals surface area (Å²) in [6.45, 7) is 6.01. The highest BCUT2D eigenvalue weighted by Crippen LogP contribution is 2.34. The van der Waals surface area contributed by atoms with Gasteiger partial charge in [0.15, 0.2) is 0 Å². The fourth-order valence-corrected chi connectivity index (χ4v) is 4.33. The molecule has 4 rings (SSSR count). The summed E-state index contributed by atoms with van der Waals surface area (Å²) < 4.78 is 43.3. The van der Waals surface area contributed by atoms with Crippen molar-refractivity contribution in [3.05, 3.63) is 35.9 Å². The van der Waals surface area contributed by atoms with Gasteiger partial charge in [0, 0.05) is 38.6 Å². The number of alkyl halides is 3. The molecule has 1 amide bonds. The SMILES string of the molecule is O=C(C[C@H]1C[C@H]2CN(CCc3ccccc3)C[C@H]2O1)N1CCOCC1.O=C(O)C(F)(F)F. The van der Waals surface area contributed by atoms with Gasteiger partial charge in [0.1, 0.15) is 0 Å². The number of rotatable bonds is 5. The number of likely N-dealkylation sites (tertiary alicyclic amines) is 1. The maximum Gasteiger partial charge on any atom is 0.490 e. The van der Waals surface area contributed by atoms with Crippen LogP contribution in [0.1, 0.15) is 18.4 Å². The van der Waals surface area contributed by atoms with Gasteiger partial charge in [0.25, 0.3) is 0 Å². The van der Waals surface area contributed by atoms with Crippen LogP contribution in [0.15, 0.2) is 30.3 Å². The summed E-state index contributed by atoms with van der Waals surface area (Å²) in [4.78, 5) is 25.7. The lowest BCUT2D eigenvalue weighted by molar-refractivity contribution is -0.192. The Morgan fingerprint density at radius 3 is 2.34 bits per heavy atom. The van der Waals surface area contributed by atoms with Crippen LogP contribution < -0.4 is 0 Å². The van der Waals surface area contributed by atoms with Crippen molar-refractivity contribution in [2.24, 2.45) is 5.92 Å². The van der Waals surface area contributed by atoms with E-state index in [1.165, 1.54) is 5.56 Å². The van der Waals surface area contributed by atoms with Gasteiger partial charge in [-0.25, -0.2) is 4.79 Å². The average molecular weight is 458 g/mol. The van der Waals surface area contributed by atoms with Gasteiger partial charge in [-0.2, -0.15) is 13.2 Å². The minimum Gasteiger partial charge on any atom is -0.475 e. The highest BCUT2D eigenvalue weighted by atomic mass is 19.4. The smallest absolute Gasteiger partial charge is 0.475 e. The van der Waals surface area contributed by atoms with Crippen LogP contribution in [0.4, 0.5) is 13.2 Å². The van der Waals surface area contributed by atoms with E-state index in [4.69, 9.17) is 19.4 Å². The van der Waals surface area contributed by atoms with Gasteiger partial charge in [-0.1, -0.05) is 30.3 Å². The van der Waals surface area contributed by atoms with E-state index in [9.17, 15) is 18.0 Å². The molecule has 10 heteroatoms. The van der Waals surface area contributed by atoms with Gasteiger partial charge in [0.2, 0.25) is 5.91 Å². The molecule has 1 aromatic rings. The number of carbonyl (C=O) groups is 2. The van der Waals surface area contributed by atoms with E-state index in [2.05, 4.69) is 35.2 Å². The number of aliphatic carboxylic acids is 1. The quantitative estimate of drug-likeness (QED) is 0.729. The van der Waals surface area contributed by atoms with Crippen molar-refractivity contribution in [3.63, 3.8) is 0 Å². The number of hydrogen-bond acceptors (Lipinski definition) is 5. The summed E-state index contributed by atoms with van der Waals surface area (Å²) in [5.41, 5.74) is 1.40. The monoisotopic (exact) mass is 458 g/mol. The largest absolute Gasteiger partial charge is 0.490 e. The highest BCUT2D eigenvalue weighted by Gasteiger charge is 2.42. The Bertz CT molecular complexity index is 742. The first kappa shape index (κ1) is 24.5. The number of benzene rings is 1. The Hall–Kier alpha value is -2.17. The van der Waals surface area contributed by atoms with Crippen LogP contribution in [-0.4, -0.2) is 91.1 Å². The van der Waals surface area contributed by atoms with Gasteiger partial charge in [-0.15, -0.1) is 0 Å². The number of carbonyl (C=O) groups excluding carboxylic acids is 1. The number of nitrogens with zero attached hydrogens (tertiary/aromatic N) is 2.